The molecule has 0 amide bonds. The van der Waals surface area contributed by atoms with Gasteiger partial charge in [0.15, 0.2) is 0 Å². The number of aromatic nitrogens is 2. The third-order valence-corrected chi connectivity index (χ3v) is 3.58. The molecule has 1 heterocycles. The molecule has 0 bridgehead atoms. The lowest BCUT2D eigenvalue weighted by Gasteiger charge is -2.18. The van der Waals surface area contributed by atoms with Gasteiger partial charge in [-0.15, -0.1) is 0 Å². The Balaban J connectivity index is 2.12. The van der Waals surface area contributed by atoms with Gasteiger partial charge in [-0.05, 0) is 31.9 Å². The molecular weight excluding hydrogens is 288 g/mol. The highest BCUT2D eigenvalue weighted by molar-refractivity contribution is 5.60. The van der Waals surface area contributed by atoms with Gasteiger partial charge in [0.25, 0.3) is 0 Å². The number of hydrogen-bond acceptors (Lipinski definition) is 3. The third-order valence-electron chi connectivity index (χ3n) is 3.58. The van der Waals surface area contributed by atoms with Gasteiger partial charge < -0.3 is 14.4 Å². The molecular formula is C19H26N2O2. The summed E-state index contributed by atoms with van der Waals surface area (Å²) in [5.74, 6) is 0.745. The van der Waals surface area contributed by atoms with Crippen molar-refractivity contribution in [3.63, 3.8) is 0 Å². The van der Waals surface area contributed by atoms with Crippen LogP contribution in [0.1, 0.15) is 44.7 Å². The van der Waals surface area contributed by atoms with Gasteiger partial charge in [0.2, 0.25) is 0 Å². The number of hydrogen-bond donors (Lipinski definition) is 1. The molecule has 1 aromatic carbocycles. The number of nitrogens with zero attached hydrogens (tertiary/aromatic N) is 2. The molecule has 0 saturated heterocycles. The summed E-state index contributed by atoms with van der Waals surface area (Å²) in [6.07, 6.45) is 8.96. The molecule has 4 heteroatoms. The third kappa shape index (κ3) is 5.57. The van der Waals surface area contributed by atoms with Gasteiger partial charge >= 0.3 is 0 Å². The maximum atomic E-state index is 9.69. The maximum absolute atomic E-state index is 9.69. The second-order valence-electron chi connectivity index (χ2n) is 5.92. The molecule has 1 N–H and O–H groups in total. The zero-order valence-corrected chi connectivity index (χ0v) is 14.1. The second-order valence-corrected chi connectivity index (χ2v) is 5.92. The standard InChI is InChI=1S/C19H26N2O2/c1-4-5-16(3)23-19(12-15(2)22)18-8-6-17(7-9-18)13-21-11-10-20-14-21/h6-12,14-16,22H,4-5,13H2,1-3H3. The van der Waals surface area contributed by atoms with Crippen LogP contribution in [0.2, 0.25) is 0 Å². The summed E-state index contributed by atoms with van der Waals surface area (Å²) in [5, 5.41) is 9.69. The van der Waals surface area contributed by atoms with E-state index in [1.807, 2.05) is 29.2 Å². The van der Waals surface area contributed by atoms with Gasteiger partial charge in [0.05, 0.1) is 18.5 Å². The minimum atomic E-state index is -0.538. The van der Waals surface area contributed by atoms with E-state index in [0.717, 1.165) is 30.7 Å². The van der Waals surface area contributed by atoms with Crippen molar-refractivity contribution in [2.45, 2.75) is 52.4 Å². The van der Waals surface area contributed by atoms with E-state index in [0.29, 0.717) is 0 Å². The predicted molar refractivity (Wildman–Crippen MR) is 92.9 cm³/mol. The molecule has 0 spiro atoms. The average molecular weight is 314 g/mol. The first kappa shape index (κ1) is 17.3. The fourth-order valence-electron chi connectivity index (χ4n) is 2.47. The first-order valence-electron chi connectivity index (χ1n) is 8.20. The maximum Gasteiger partial charge on any atom is 0.125 e. The molecule has 1 aromatic heterocycles. The molecule has 2 unspecified atom stereocenters. The van der Waals surface area contributed by atoms with Crippen LogP contribution in [0.3, 0.4) is 0 Å². The second kappa shape index (κ2) is 8.53. The van der Waals surface area contributed by atoms with Gasteiger partial charge in [-0.2, -0.15) is 0 Å². The van der Waals surface area contributed by atoms with Crippen molar-refractivity contribution in [2.24, 2.45) is 0 Å². The van der Waals surface area contributed by atoms with Crippen LogP contribution in [0.25, 0.3) is 5.76 Å². The van der Waals surface area contributed by atoms with Gasteiger partial charge in [-0.1, -0.05) is 37.6 Å². The van der Waals surface area contributed by atoms with Crippen molar-refractivity contribution in [1.29, 1.82) is 0 Å². The minimum absolute atomic E-state index is 0.135. The first-order chi connectivity index (χ1) is 11.1. The Morgan fingerprint density at radius 2 is 2.04 bits per heavy atom. The van der Waals surface area contributed by atoms with Crippen LogP contribution in [0, 0.1) is 0 Å². The Kier molecular flexibility index (Phi) is 6.41. The Labute approximate surface area is 138 Å². The summed E-state index contributed by atoms with van der Waals surface area (Å²) in [4.78, 5) is 4.05. The van der Waals surface area contributed by atoms with Crippen molar-refractivity contribution in [1.82, 2.24) is 9.55 Å². The van der Waals surface area contributed by atoms with Crippen molar-refractivity contribution in [3.8, 4) is 0 Å². The average Bonchev–Trinajstić information content (AvgIpc) is 3.00. The monoisotopic (exact) mass is 314 g/mol. The van der Waals surface area contributed by atoms with Crippen LogP contribution in [0.5, 0.6) is 0 Å². The summed E-state index contributed by atoms with van der Waals surface area (Å²) in [6, 6.07) is 8.25. The summed E-state index contributed by atoms with van der Waals surface area (Å²) >= 11 is 0. The van der Waals surface area contributed by atoms with E-state index < -0.39 is 6.10 Å². The van der Waals surface area contributed by atoms with Crippen LogP contribution in [-0.2, 0) is 11.3 Å². The Hall–Kier alpha value is -2.07. The molecule has 0 radical (unpaired) electrons. The van der Waals surface area contributed by atoms with E-state index in [1.54, 1.807) is 19.2 Å². The fraction of sp³-hybridized carbons (Fsp3) is 0.421. The molecule has 0 aliphatic heterocycles. The molecule has 4 nitrogen and oxygen atoms in total. The summed E-state index contributed by atoms with van der Waals surface area (Å²) < 4.78 is 8.05. The van der Waals surface area contributed by atoms with Gasteiger partial charge in [0.1, 0.15) is 5.76 Å². The zero-order chi connectivity index (χ0) is 16.7. The molecule has 0 fully saturated rings. The highest BCUT2D eigenvalue weighted by atomic mass is 16.5. The number of rotatable bonds is 8. The SMILES string of the molecule is CCCC(C)OC(=CC(C)O)c1ccc(Cn2ccnc2)cc1. The topological polar surface area (TPSA) is 47.3 Å². The smallest absolute Gasteiger partial charge is 0.125 e. The van der Waals surface area contributed by atoms with E-state index in [2.05, 4.69) is 31.0 Å². The number of aliphatic hydroxyl groups excluding tert-OH is 1. The van der Waals surface area contributed by atoms with E-state index in [9.17, 15) is 5.11 Å². The lowest BCUT2D eigenvalue weighted by molar-refractivity contribution is 0.169. The lowest BCUT2D eigenvalue weighted by Crippen LogP contribution is -2.09. The van der Waals surface area contributed by atoms with Crippen molar-refractivity contribution in [3.05, 3.63) is 60.2 Å². The number of imidazole rings is 1. The Bertz CT molecular complexity index is 601. The normalized spacial score (nSPS) is 14.5. The lowest BCUT2D eigenvalue weighted by atomic mass is 10.1. The van der Waals surface area contributed by atoms with Gasteiger partial charge in [0, 0.05) is 24.5 Å². The van der Waals surface area contributed by atoms with Crippen LogP contribution in [0.4, 0.5) is 0 Å². The number of aliphatic hydroxyl groups is 1. The molecule has 2 aromatic rings. The van der Waals surface area contributed by atoms with Gasteiger partial charge in [-0.3, -0.25) is 0 Å². The predicted octanol–water partition coefficient (Wildman–Crippen LogP) is 3.86. The van der Waals surface area contributed by atoms with Crippen LogP contribution < -0.4 is 0 Å². The van der Waals surface area contributed by atoms with E-state index in [4.69, 9.17) is 4.74 Å². The minimum Gasteiger partial charge on any atom is -0.490 e. The number of benzene rings is 1. The van der Waals surface area contributed by atoms with Crippen molar-refractivity contribution < 1.29 is 9.84 Å². The molecule has 2 atom stereocenters. The highest BCUT2D eigenvalue weighted by Gasteiger charge is 2.09. The number of ether oxygens (including phenoxy) is 1. The van der Waals surface area contributed by atoms with E-state index in [-0.39, 0.29) is 6.10 Å². The van der Waals surface area contributed by atoms with E-state index >= 15 is 0 Å². The quantitative estimate of drug-likeness (QED) is 0.753. The summed E-state index contributed by atoms with van der Waals surface area (Å²) in [5.41, 5.74) is 2.19. The first-order valence-corrected chi connectivity index (χ1v) is 8.20. The molecule has 2 rings (SSSR count). The summed E-state index contributed by atoms with van der Waals surface area (Å²) in [7, 11) is 0. The molecule has 0 saturated carbocycles. The largest absolute Gasteiger partial charge is 0.490 e. The van der Waals surface area contributed by atoms with Crippen LogP contribution >= 0.6 is 0 Å². The van der Waals surface area contributed by atoms with Crippen molar-refractivity contribution >= 4 is 5.76 Å². The fourth-order valence-corrected chi connectivity index (χ4v) is 2.47. The van der Waals surface area contributed by atoms with Gasteiger partial charge in [-0.25, -0.2) is 4.98 Å². The van der Waals surface area contributed by atoms with E-state index in [1.165, 1.54) is 5.56 Å². The molecule has 0 aliphatic carbocycles. The zero-order valence-electron chi connectivity index (χ0n) is 14.1. The van der Waals surface area contributed by atoms with Crippen molar-refractivity contribution in [2.75, 3.05) is 0 Å². The molecule has 0 aliphatic rings. The van der Waals surface area contributed by atoms with Crippen LogP contribution in [0.15, 0.2) is 49.1 Å². The highest BCUT2D eigenvalue weighted by Crippen LogP contribution is 2.21. The Morgan fingerprint density at radius 3 is 2.61 bits per heavy atom. The summed E-state index contributed by atoms with van der Waals surface area (Å²) in [6.45, 7) is 6.74. The molecule has 124 valence electrons. The Morgan fingerprint density at radius 1 is 1.30 bits per heavy atom. The molecule has 23 heavy (non-hydrogen) atoms. The van der Waals surface area contributed by atoms with Crippen LogP contribution in [-0.4, -0.2) is 26.9 Å².